The number of rotatable bonds is 0. The average molecular weight is 216 g/mol. The monoisotopic (exact) mass is 216 g/mol. The number of nitriles is 1. The molecule has 2 N–H and O–H groups in total. The zero-order valence-corrected chi connectivity index (χ0v) is 8.39. The molecule has 0 saturated carbocycles. The number of anilines is 1. The fourth-order valence-electron chi connectivity index (χ4n) is 0.880. The Labute approximate surface area is 86.1 Å². The number of benzene rings is 1. The van der Waals surface area contributed by atoms with Gasteiger partial charge in [-0.15, -0.1) is 0 Å². The summed E-state index contributed by atoms with van der Waals surface area (Å²) in [5.74, 6) is 0. The van der Waals surface area contributed by atoms with Crippen molar-refractivity contribution in [3.05, 3.63) is 29.3 Å². The van der Waals surface area contributed by atoms with E-state index >= 15 is 0 Å². The smallest absolute Gasteiger partial charge is 0.399 e. The van der Waals surface area contributed by atoms with Crippen molar-refractivity contribution in [2.24, 2.45) is 0 Å². The summed E-state index contributed by atoms with van der Waals surface area (Å²) in [5.41, 5.74) is 4.13. The molecule has 0 amide bonds. The molecule has 5 heteroatoms. The van der Waals surface area contributed by atoms with Crippen LogP contribution in [0.2, 0.25) is 0 Å². The molecule has 82 valence electrons. The maximum atomic E-state index is 12.1. The minimum atomic E-state index is -4.46. The summed E-state index contributed by atoms with van der Waals surface area (Å²) < 4.78 is 36.4. The first-order valence-corrected chi connectivity index (χ1v) is 4.31. The Kier molecular flexibility index (Phi) is 4.65. The van der Waals surface area contributed by atoms with Crippen molar-refractivity contribution >= 4 is 5.69 Å². The molecule has 1 aromatic rings. The number of alkyl halides is 3. The van der Waals surface area contributed by atoms with Gasteiger partial charge in [-0.1, -0.05) is 13.8 Å². The molecule has 0 atom stereocenters. The van der Waals surface area contributed by atoms with E-state index in [0.29, 0.717) is 0 Å². The predicted molar refractivity (Wildman–Crippen MR) is 51.9 cm³/mol. The Balaban J connectivity index is 0.000000921. The lowest BCUT2D eigenvalue weighted by atomic mass is 10.1. The maximum Gasteiger partial charge on any atom is 0.416 e. The quantitative estimate of drug-likeness (QED) is 0.677. The van der Waals surface area contributed by atoms with Crippen molar-refractivity contribution in [2.75, 3.05) is 5.73 Å². The third-order valence-corrected chi connectivity index (χ3v) is 1.41. The van der Waals surface area contributed by atoms with Crippen LogP contribution in [0.3, 0.4) is 0 Å². The second-order valence-electron chi connectivity index (χ2n) is 2.45. The molecule has 0 aliphatic heterocycles. The third-order valence-electron chi connectivity index (χ3n) is 1.41. The Morgan fingerprint density at radius 1 is 1.20 bits per heavy atom. The van der Waals surface area contributed by atoms with E-state index in [-0.39, 0.29) is 11.3 Å². The molecule has 0 spiro atoms. The van der Waals surface area contributed by atoms with Crippen molar-refractivity contribution in [2.45, 2.75) is 20.0 Å². The summed E-state index contributed by atoms with van der Waals surface area (Å²) in [6, 6.07) is 4.34. The SMILES string of the molecule is CC.N#Cc1cc(N)cc(C(F)(F)F)c1. The molecule has 0 bridgehead atoms. The number of nitrogens with zero attached hydrogens (tertiary/aromatic N) is 1. The molecular formula is C10H11F3N2. The molecule has 0 saturated heterocycles. The molecule has 0 fully saturated rings. The second kappa shape index (κ2) is 5.25. The summed E-state index contributed by atoms with van der Waals surface area (Å²) in [7, 11) is 0. The van der Waals surface area contributed by atoms with Crippen LogP contribution in [0.15, 0.2) is 18.2 Å². The van der Waals surface area contributed by atoms with Gasteiger partial charge in [0, 0.05) is 5.69 Å². The van der Waals surface area contributed by atoms with E-state index in [1.807, 2.05) is 13.8 Å². The van der Waals surface area contributed by atoms with Gasteiger partial charge >= 0.3 is 6.18 Å². The topological polar surface area (TPSA) is 49.8 Å². The zero-order valence-electron chi connectivity index (χ0n) is 8.39. The van der Waals surface area contributed by atoms with Gasteiger partial charge in [0.15, 0.2) is 0 Å². The van der Waals surface area contributed by atoms with E-state index < -0.39 is 11.7 Å². The van der Waals surface area contributed by atoms with E-state index in [1.54, 1.807) is 6.07 Å². The minimum Gasteiger partial charge on any atom is -0.399 e. The number of nitrogens with two attached hydrogens (primary N) is 1. The van der Waals surface area contributed by atoms with Gasteiger partial charge in [-0.25, -0.2) is 0 Å². The van der Waals surface area contributed by atoms with Gasteiger partial charge in [-0.05, 0) is 18.2 Å². The lowest BCUT2D eigenvalue weighted by Crippen LogP contribution is -2.06. The van der Waals surface area contributed by atoms with Gasteiger partial charge in [0.1, 0.15) is 0 Å². The lowest BCUT2D eigenvalue weighted by Gasteiger charge is -2.07. The summed E-state index contributed by atoms with van der Waals surface area (Å²) >= 11 is 0. The molecule has 0 aromatic heterocycles. The Morgan fingerprint density at radius 3 is 2.13 bits per heavy atom. The molecule has 0 aliphatic carbocycles. The van der Waals surface area contributed by atoms with Crippen molar-refractivity contribution in [3.63, 3.8) is 0 Å². The predicted octanol–water partition coefficient (Wildman–Crippen LogP) is 3.19. The molecular weight excluding hydrogens is 205 g/mol. The number of halogens is 3. The molecule has 1 rings (SSSR count). The Bertz CT molecular complexity index is 364. The molecule has 0 heterocycles. The largest absolute Gasteiger partial charge is 0.416 e. The number of nitrogen functional groups attached to an aromatic ring is 1. The highest BCUT2D eigenvalue weighted by atomic mass is 19.4. The van der Waals surface area contributed by atoms with E-state index in [1.165, 1.54) is 6.07 Å². The maximum absolute atomic E-state index is 12.1. The van der Waals surface area contributed by atoms with Gasteiger partial charge in [-0.2, -0.15) is 18.4 Å². The summed E-state index contributed by atoms with van der Waals surface area (Å²) in [6.45, 7) is 4.00. The molecule has 1 aromatic carbocycles. The first kappa shape index (κ1) is 13.3. The molecule has 0 aliphatic rings. The highest BCUT2D eigenvalue weighted by molar-refractivity contribution is 5.49. The zero-order chi connectivity index (χ0) is 12.1. The molecule has 15 heavy (non-hydrogen) atoms. The van der Waals surface area contributed by atoms with E-state index in [2.05, 4.69) is 0 Å². The van der Waals surface area contributed by atoms with Crippen LogP contribution in [-0.4, -0.2) is 0 Å². The van der Waals surface area contributed by atoms with E-state index in [9.17, 15) is 13.2 Å². The van der Waals surface area contributed by atoms with Crippen LogP contribution < -0.4 is 5.73 Å². The Morgan fingerprint density at radius 2 is 1.73 bits per heavy atom. The summed E-state index contributed by atoms with van der Waals surface area (Å²) in [4.78, 5) is 0. The van der Waals surface area contributed by atoms with E-state index in [4.69, 9.17) is 11.0 Å². The van der Waals surface area contributed by atoms with Crippen molar-refractivity contribution in [1.29, 1.82) is 5.26 Å². The van der Waals surface area contributed by atoms with Crippen LogP contribution >= 0.6 is 0 Å². The Hall–Kier alpha value is -1.70. The molecule has 2 nitrogen and oxygen atoms in total. The summed E-state index contributed by atoms with van der Waals surface area (Å²) in [5, 5.41) is 8.38. The average Bonchev–Trinajstić information content (AvgIpc) is 2.18. The molecule has 0 unspecified atom stereocenters. The van der Waals surface area contributed by atoms with Crippen LogP contribution in [0.5, 0.6) is 0 Å². The van der Waals surface area contributed by atoms with Gasteiger partial charge in [0.05, 0.1) is 17.2 Å². The minimum absolute atomic E-state index is 0.0635. The molecule has 0 radical (unpaired) electrons. The number of hydrogen-bond acceptors (Lipinski definition) is 2. The first-order chi connectivity index (χ1) is 6.93. The van der Waals surface area contributed by atoms with Crippen molar-refractivity contribution in [3.8, 4) is 6.07 Å². The summed E-state index contributed by atoms with van der Waals surface area (Å²) in [6.07, 6.45) is -4.46. The van der Waals surface area contributed by atoms with Gasteiger partial charge in [0.2, 0.25) is 0 Å². The van der Waals surface area contributed by atoms with E-state index in [0.717, 1.165) is 12.1 Å². The van der Waals surface area contributed by atoms with Crippen LogP contribution in [0.4, 0.5) is 18.9 Å². The van der Waals surface area contributed by atoms with Crippen LogP contribution in [0, 0.1) is 11.3 Å². The fourth-order valence-corrected chi connectivity index (χ4v) is 0.880. The highest BCUT2D eigenvalue weighted by Crippen LogP contribution is 2.30. The van der Waals surface area contributed by atoms with Crippen LogP contribution in [0.1, 0.15) is 25.0 Å². The van der Waals surface area contributed by atoms with Gasteiger partial charge in [0.25, 0.3) is 0 Å². The standard InChI is InChI=1S/C8H5F3N2.C2H6/c9-8(10,11)6-1-5(4-12)2-7(13)3-6;1-2/h1-3H,13H2;1-2H3. The first-order valence-electron chi connectivity index (χ1n) is 4.31. The van der Waals surface area contributed by atoms with Crippen molar-refractivity contribution < 1.29 is 13.2 Å². The van der Waals surface area contributed by atoms with Crippen LogP contribution in [0.25, 0.3) is 0 Å². The second-order valence-corrected chi connectivity index (χ2v) is 2.45. The van der Waals surface area contributed by atoms with Crippen molar-refractivity contribution in [1.82, 2.24) is 0 Å². The number of hydrogen-bond donors (Lipinski definition) is 1. The normalized spacial score (nSPS) is 9.87. The third kappa shape index (κ3) is 3.90. The fraction of sp³-hybridized carbons (Fsp3) is 0.300. The van der Waals surface area contributed by atoms with Crippen LogP contribution in [-0.2, 0) is 6.18 Å². The van der Waals surface area contributed by atoms with Gasteiger partial charge in [-0.3, -0.25) is 0 Å². The lowest BCUT2D eigenvalue weighted by molar-refractivity contribution is -0.137. The van der Waals surface area contributed by atoms with Gasteiger partial charge < -0.3 is 5.73 Å². The highest BCUT2D eigenvalue weighted by Gasteiger charge is 2.30.